The average molecular weight is 391 g/mol. The second-order valence-electron chi connectivity index (χ2n) is 9.23. The minimum absolute atomic E-state index is 0.0248. The first-order chi connectivity index (χ1) is 13.0. The Morgan fingerprint density at radius 1 is 1.00 bits per heavy atom. The third kappa shape index (κ3) is 5.01. The van der Waals surface area contributed by atoms with Gasteiger partial charge in [0, 0.05) is 49.0 Å². The molecule has 0 radical (unpaired) electrons. The van der Waals surface area contributed by atoms with Gasteiger partial charge in [0.05, 0.1) is 0 Å². The molecule has 2 fully saturated rings. The van der Waals surface area contributed by atoms with E-state index in [-0.39, 0.29) is 22.9 Å². The Balaban J connectivity index is 1.53. The molecule has 2 N–H and O–H groups in total. The number of halogens is 1. The number of piperazine rings is 1. The Morgan fingerprint density at radius 2 is 1.54 bits per heavy atom. The number of carbonyl (C=O) groups excluding carboxylic acids is 2. The van der Waals surface area contributed by atoms with E-state index in [2.05, 4.69) is 43.2 Å². The van der Waals surface area contributed by atoms with E-state index in [0.29, 0.717) is 26.2 Å². The molecular weight excluding hydrogens is 359 g/mol. The van der Waals surface area contributed by atoms with Gasteiger partial charge in [0.15, 0.2) is 0 Å². The zero-order valence-electron chi connectivity index (χ0n) is 17.2. The Hall–Kier alpha value is -2.15. The van der Waals surface area contributed by atoms with Crippen molar-refractivity contribution in [2.45, 2.75) is 57.7 Å². The van der Waals surface area contributed by atoms with E-state index in [1.54, 1.807) is 17.0 Å². The first-order valence-electron chi connectivity index (χ1n) is 9.94. The molecule has 0 unspecified atom stereocenters. The molecule has 6 nitrogen and oxygen atoms in total. The third-order valence-electron chi connectivity index (χ3n) is 5.48. The summed E-state index contributed by atoms with van der Waals surface area (Å²) in [5, 5.41) is 6.53. The molecule has 0 bridgehead atoms. The number of nitrogens with zero attached hydrogens (tertiary/aromatic N) is 2. The third-order valence-corrected chi connectivity index (χ3v) is 5.48. The van der Waals surface area contributed by atoms with Crippen LogP contribution in [0, 0.1) is 5.82 Å². The van der Waals surface area contributed by atoms with Crippen LogP contribution >= 0.6 is 0 Å². The minimum Gasteiger partial charge on any atom is -0.368 e. The second-order valence-corrected chi connectivity index (χ2v) is 9.23. The molecule has 7 heteroatoms. The SMILES string of the molecule is CC1(C)CC(NC(=O)C(=O)N2CCN(c3ccc(F)cc3)CC2)CC(C)(C)N1. The van der Waals surface area contributed by atoms with Gasteiger partial charge in [0.25, 0.3) is 0 Å². The predicted molar refractivity (Wildman–Crippen MR) is 108 cm³/mol. The summed E-state index contributed by atoms with van der Waals surface area (Å²) in [5.74, 6) is -1.25. The van der Waals surface area contributed by atoms with Crippen molar-refractivity contribution in [3.05, 3.63) is 30.1 Å². The topological polar surface area (TPSA) is 64.7 Å². The lowest BCUT2D eigenvalue weighted by Crippen LogP contribution is -2.63. The number of piperidine rings is 1. The van der Waals surface area contributed by atoms with Crippen LogP contribution in [0.5, 0.6) is 0 Å². The maximum Gasteiger partial charge on any atom is 0.312 e. The highest BCUT2D eigenvalue weighted by molar-refractivity contribution is 6.35. The van der Waals surface area contributed by atoms with E-state index >= 15 is 0 Å². The van der Waals surface area contributed by atoms with E-state index in [0.717, 1.165) is 18.5 Å². The van der Waals surface area contributed by atoms with E-state index < -0.39 is 11.8 Å². The maximum absolute atomic E-state index is 13.1. The van der Waals surface area contributed by atoms with Crippen LogP contribution in [-0.4, -0.2) is 60.0 Å². The molecule has 154 valence electrons. The van der Waals surface area contributed by atoms with E-state index in [1.165, 1.54) is 12.1 Å². The number of hydrogen-bond acceptors (Lipinski definition) is 4. The minimum atomic E-state index is -0.520. The Labute approximate surface area is 166 Å². The van der Waals surface area contributed by atoms with Gasteiger partial charge in [-0.1, -0.05) is 0 Å². The van der Waals surface area contributed by atoms with Crippen molar-refractivity contribution in [3.63, 3.8) is 0 Å². The van der Waals surface area contributed by atoms with Crippen molar-refractivity contribution in [2.75, 3.05) is 31.1 Å². The number of hydrogen-bond donors (Lipinski definition) is 2. The average Bonchev–Trinajstić information content (AvgIpc) is 2.59. The summed E-state index contributed by atoms with van der Waals surface area (Å²) in [7, 11) is 0. The standard InChI is InChI=1S/C21H31FN4O2/c1-20(2)13-16(14-21(3,4)24-20)23-18(27)19(28)26-11-9-25(10-12-26)17-7-5-15(22)6-8-17/h5-8,16,24H,9-14H2,1-4H3,(H,23,27). The number of anilines is 1. The lowest BCUT2D eigenvalue weighted by molar-refractivity contribution is -0.146. The van der Waals surface area contributed by atoms with Crippen molar-refractivity contribution < 1.29 is 14.0 Å². The summed E-state index contributed by atoms with van der Waals surface area (Å²) in [6.07, 6.45) is 1.57. The van der Waals surface area contributed by atoms with Gasteiger partial charge in [0.1, 0.15) is 5.82 Å². The zero-order valence-corrected chi connectivity index (χ0v) is 17.2. The fraction of sp³-hybridized carbons (Fsp3) is 0.619. The van der Waals surface area contributed by atoms with Gasteiger partial charge in [-0.3, -0.25) is 9.59 Å². The molecule has 2 saturated heterocycles. The predicted octanol–water partition coefficient (Wildman–Crippen LogP) is 1.90. The van der Waals surface area contributed by atoms with Crippen LogP contribution in [0.2, 0.25) is 0 Å². The number of benzene rings is 1. The van der Waals surface area contributed by atoms with Gasteiger partial charge in [-0.25, -0.2) is 4.39 Å². The molecule has 0 saturated carbocycles. The Morgan fingerprint density at radius 3 is 2.07 bits per heavy atom. The van der Waals surface area contributed by atoms with Crippen molar-refractivity contribution in [1.29, 1.82) is 0 Å². The first kappa shape index (κ1) is 20.6. The molecule has 1 aromatic rings. The molecular formula is C21H31FN4O2. The van der Waals surface area contributed by atoms with Crippen molar-refractivity contribution in [2.24, 2.45) is 0 Å². The van der Waals surface area contributed by atoms with Gasteiger partial charge in [0.2, 0.25) is 0 Å². The van der Waals surface area contributed by atoms with Crippen LogP contribution in [-0.2, 0) is 9.59 Å². The summed E-state index contributed by atoms with van der Waals surface area (Å²) in [4.78, 5) is 28.9. The summed E-state index contributed by atoms with van der Waals surface area (Å²) in [6, 6.07) is 6.31. The molecule has 2 heterocycles. The first-order valence-corrected chi connectivity index (χ1v) is 9.94. The fourth-order valence-electron chi connectivity index (χ4n) is 4.63. The molecule has 2 aliphatic rings. The van der Waals surface area contributed by atoms with Crippen LogP contribution in [0.15, 0.2) is 24.3 Å². The van der Waals surface area contributed by atoms with Crippen molar-refractivity contribution >= 4 is 17.5 Å². The van der Waals surface area contributed by atoms with Crippen LogP contribution in [0.25, 0.3) is 0 Å². The summed E-state index contributed by atoms with van der Waals surface area (Å²) >= 11 is 0. The summed E-state index contributed by atoms with van der Waals surface area (Å²) < 4.78 is 13.1. The van der Waals surface area contributed by atoms with Gasteiger partial charge < -0.3 is 20.4 Å². The van der Waals surface area contributed by atoms with Gasteiger partial charge in [-0.2, -0.15) is 0 Å². The quantitative estimate of drug-likeness (QED) is 0.757. The van der Waals surface area contributed by atoms with Gasteiger partial charge in [-0.05, 0) is 64.8 Å². The highest BCUT2D eigenvalue weighted by Gasteiger charge is 2.39. The van der Waals surface area contributed by atoms with Crippen LogP contribution in [0.1, 0.15) is 40.5 Å². The highest BCUT2D eigenvalue weighted by Crippen LogP contribution is 2.28. The normalized spacial score (nSPS) is 22.0. The molecule has 0 aromatic heterocycles. The summed E-state index contributed by atoms with van der Waals surface area (Å²) in [5.41, 5.74) is 0.740. The number of rotatable bonds is 2. The summed E-state index contributed by atoms with van der Waals surface area (Å²) in [6.45, 7) is 10.7. The molecule has 0 aliphatic carbocycles. The number of amides is 2. The van der Waals surface area contributed by atoms with E-state index in [1.807, 2.05) is 0 Å². The van der Waals surface area contributed by atoms with Crippen LogP contribution < -0.4 is 15.5 Å². The van der Waals surface area contributed by atoms with Crippen molar-refractivity contribution in [3.8, 4) is 0 Å². The second kappa shape index (κ2) is 7.70. The lowest BCUT2D eigenvalue weighted by Gasteiger charge is -2.46. The van der Waals surface area contributed by atoms with E-state index in [9.17, 15) is 14.0 Å². The Kier molecular flexibility index (Phi) is 5.66. The lowest BCUT2D eigenvalue weighted by atomic mass is 9.79. The fourth-order valence-corrected chi connectivity index (χ4v) is 4.63. The molecule has 1 aromatic carbocycles. The number of nitrogens with one attached hydrogen (secondary N) is 2. The smallest absolute Gasteiger partial charge is 0.312 e. The largest absolute Gasteiger partial charge is 0.368 e. The molecule has 2 amide bonds. The molecule has 28 heavy (non-hydrogen) atoms. The molecule has 3 rings (SSSR count). The number of carbonyl (C=O) groups is 2. The van der Waals surface area contributed by atoms with E-state index in [4.69, 9.17) is 0 Å². The highest BCUT2D eigenvalue weighted by atomic mass is 19.1. The maximum atomic E-state index is 13.1. The van der Waals surface area contributed by atoms with Gasteiger partial charge in [-0.15, -0.1) is 0 Å². The molecule has 0 atom stereocenters. The van der Waals surface area contributed by atoms with Crippen LogP contribution in [0.4, 0.5) is 10.1 Å². The Bertz CT molecular complexity index is 708. The molecule has 2 aliphatic heterocycles. The van der Waals surface area contributed by atoms with Crippen LogP contribution in [0.3, 0.4) is 0 Å². The molecule has 0 spiro atoms. The van der Waals surface area contributed by atoms with Gasteiger partial charge >= 0.3 is 11.8 Å². The zero-order chi connectivity index (χ0) is 20.5. The monoisotopic (exact) mass is 390 g/mol. The van der Waals surface area contributed by atoms with Crippen molar-refractivity contribution in [1.82, 2.24) is 15.5 Å².